The Labute approximate surface area is 148 Å². The minimum absolute atomic E-state index is 0.367. The van der Waals surface area contributed by atoms with Crippen molar-refractivity contribution in [1.29, 1.82) is 0 Å². The lowest BCUT2D eigenvalue weighted by atomic mass is 9.82. The molecule has 7 heteroatoms. The zero-order valence-electron chi connectivity index (χ0n) is 13.4. The van der Waals surface area contributed by atoms with E-state index in [1.165, 1.54) is 11.3 Å². The van der Waals surface area contributed by atoms with Gasteiger partial charge in [-0.3, -0.25) is 9.59 Å². The Balaban J connectivity index is 1.51. The van der Waals surface area contributed by atoms with Crippen molar-refractivity contribution >= 4 is 28.3 Å². The maximum absolute atomic E-state index is 12.6. The molecule has 25 heavy (non-hydrogen) atoms. The molecule has 4 rings (SSSR count). The molecule has 6 nitrogen and oxygen atoms in total. The fourth-order valence-corrected chi connectivity index (χ4v) is 4.01. The number of thiazole rings is 1. The molecular weight excluding hydrogens is 340 g/mol. The molecule has 1 aromatic carbocycles. The number of aryl methyl sites for hydroxylation is 1. The number of ether oxygens (including phenoxy) is 1. The number of rotatable bonds is 4. The van der Waals surface area contributed by atoms with Gasteiger partial charge in [-0.15, -0.1) is 11.3 Å². The molecule has 4 atom stereocenters. The van der Waals surface area contributed by atoms with Crippen LogP contribution >= 0.6 is 11.3 Å². The number of carboxylic acids is 1. The molecule has 1 amide bonds. The number of fused-ring (bicyclic) bond motifs is 2. The van der Waals surface area contributed by atoms with Gasteiger partial charge in [0.25, 0.3) is 0 Å². The summed E-state index contributed by atoms with van der Waals surface area (Å²) in [4.78, 5) is 28.5. The van der Waals surface area contributed by atoms with Crippen LogP contribution in [0.1, 0.15) is 5.56 Å². The van der Waals surface area contributed by atoms with E-state index in [0.717, 1.165) is 16.8 Å². The van der Waals surface area contributed by atoms with Gasteiger partial charge in [0.05, 0.1) is 23.8 Å². The molecule has 3 heterocycles. The van der Waals surface area contributed by atoms with E-state index < -0.39 is 30.0 Å². The summed E-state index contributed by atoms with van der Waals surface area (Å²) in [5, 5.41) is 14.5. The van der Waals surface area contributed by atoms with Crippen LogP contribution in [0.25, 0.3) is 11.3 Å². The number of carboxylic acid groups (broad SMARTS) is 1. The molecule has 2 bridgehead atoms. The predicted molar refractivity (Wildman–Crippen MR) is 93.3 cm³/mol. The molecule has 0 aliphatic carbocycles. The van der Waals surface area contributed by atoms with E-state index in [1.807, 2.05) is 36.6 Å². The van der Waals surface area contributed by atoms with E-state index in [1.54, 1.807) is 12.2 Å². The van der Waals surface area contributed by atoms with Crippen molar-refractivity contribution < 1.29 is 19.4 Å². The maximum atomic E-state index is 12.6. The largest absolute Gasteiger partial charge is 0.481 e. The second kappa shape index (κ2) is 6.09. The summed E-state index contributed by atoms with van der Waals surface area (Å²) in [5.74, 6) is -2.98. The topological polar surface area (TPSA) is 88.5 Å². The van der Waals surface area contributed by atoms with Crippen LogP contribution in [0.5, 0.6) is 0 Å². The lowest BCUT2D eigenvalue weighted by molar-refractivity contribution is -0.145. The molecule has 2 aliphatic heterocycles. The van der Waals surface area contributed by atoms with Crippen molar-refractivity contribution in [3.05, 3.63) is 47.4 Å². The van der Waals surface area contributed by atoms with Crippen molar-refractivity contribution in [1.82, 2.24) is 4.98 Å². The van der Waals surface area contributed by atoms with Gasteiger partial charge in [-0.2, -0.15) is 0 Å². The van der Waals surface area contributed by atoms with Crippen molar-refractivity contribution in [2.75, 3.05) is 5.32 Å². The third-order valence-electron chi connectivity index (χ3n) is 4.57. The quantitative estimate of drug-likeness (QED) is 0.823. The normalized spacial score (nSPS) is 26.8. The number of carbonyl (C=O) groups is 2. The van der Waals surface area contributed by atoms with Crippen LogP contribution in [0.4, 0.5) is 5.13 Å². The fraction of sp³-hybridized carbons (Fsp3) is 0.278. The Kier molecular flexibility index (Phi) is 3.89. The summed E-state index contributed by atoms with van der Waals surface area (Å²) >= 11 is 1.32. The van der Waals surface area contributed by atoms with Crippen LogP contribution in [0.15, 0.2) is 41.8 Å². The number of anilines is 1. The van der Waals surface area contributed by atoms with E-state index in [4.69, 9.17) is 4.74 Å². The smallest absolute Gasteiger partial charge is 0.310 e. The highest BCUT2D eigenvalue weighted by atomic mass is 32.1. The van der Waals surface area contributed by atoms with Crippen LogP contribution in [0, 0.1) is 18.8 Å². The van der Waals surface area contributed by atoms with Gasteiger partial charge in [0.2, 0.25) is 5.91 Å². The minimum atomic E-state index is -1.02. The number of hydrogen-bond acceptors (Lipinski definition) is 5. The fourth-order valence-electron chi connectivity index (χ4n) is 3.29. The predicted octanol–water partition coefficient (Wildman–Crippen LogP) is 2.71. The van der Waals surface area contributed by atoms with E-state index in [2.05, 4.69) is 10.3 Å². The minimum Gasteiger partial charge on any atom is -0.481 e. The van der Waals surface area contributed by atoms with Gasteiger partial charge in [-0.25, -0.2) is 4.98 Å². The van der Waals surface area contributed by atoms with Crippen molar-refractivity contribution in [2.24, 2.45) is 11.8 Å². The second-order valence-electron chi connectivity index (χ2n) is 6.23. The van der Waals surface area contributed by atoms with Crippen molar-refractivity contribution in [3.63, 3.8) is 0 Å². The Hall–Kier alpha value is -2.51. The first-order valence-electron chi connectivity index (χ1n) is 7.93. The molecule has 1 saturated heterocycles. The molecule has 1 aromatic heterocycles. The molecule has 0 spiro atoms. The highest BCUT2D eigenvalue weighted by molar-refractivity contribution is 7.14. The molecule has 2 N–H and O–H groups in total. The third kappa shape index (κ3) is 2.85. The van der Waals surface area contributed by atoms with Gasteiger partial charge in [0, 0.05) is 10.9 Å². The summed E-state index contributed by atoms with van der Waals surface area (Å²) < 4.78 is 5.53. The number of nitrogens with one attached hydrogen (secondary N) is 1. The van der Waals surface area contributed by atoms with Crippen LogP contribution in [0.2, 0.25) is 0 Å². The number of aromatic nitrogens is 1. The first-order valence-corrected chi connectivity index (χ1v) is 8.81. The van der Waals surface area contributed by atoms with Crippen LogP contribution in [0.3, 0.4) is 0 Å². The first-order chi connectivity index (χ1) is 12.0. The number of nitrogens with zero attached hydrogens (tertiary/aromatic N) is 1. The van der Waals surface area contributed by atoms with Gasteiger partial charge in [0.1, 0.15) is 5.92 Å². The van der Waals surface area contributed by atoms with Gasteiger partial charge in [-0.1, -0.05) is 42.0 Å². The zero-order valence-corrected chi connectivity index (χ0v) is 14.2. The maximum Gasteiger partial charge on any atom is 0.310 e. The Bertz CT molecular complexity index is 858. The van der Waals surface area contributed by atoms with Gasteiger partial charge < -0.3 is 15.2 Å². The molecule has 128 valence electrons. The summed E-state index contributed by atoms with van der Waals surface area (Å²) in [6.45, 7) is 2.02. The standard InChI is InChI=1S/C18H16N2O4S/c1-9-2-4-10(5-3-9)11-8-25-18(19-11)20-16(21)14-12-6-7-13(24-12)15(14)17(22)23/h2-8,12-15H,1H3,(H,22,23)(H,19,20,21)/t12-,13-,14-,15+/m1/s1. The highest BCUT2D eigenvalue weighted by Gasteiger charge is 2.53. The van der Waals surface area contributed by atoms with Crippen molar-refractivity contribution in [2.45, 2.75) is 19.1 Å². The SMILES string of the molecule is Cc1ccc(-c2csc(NC(=O)[C@H]3[C@@H](C(=O)O)[C@H]4C=C[C@H]3O4)n2)cc1. The van der Waals surface area contributed by atoms with E-state index >= 15 is 0 Å². The second-order valence-corrected chi connectivity index (χ2v) is 7.09. The molecular formula is C18H16N2O4S. The number of aliphatic carboxylic acids is 1. The molecule has 2 aliphatic rings. The lowest BCUT2D eigenvalue weighted by Crippen LogP contribution is -2.39. The number of hydrogen-bond donors (Lipinski definition) is 2. The van der Waals surface area contributed by atoms with Gasteiger partial charge >= 0.3 is 5.97 Å². The van der Waals surface area contributed by atoms with Crippen LogP contribution in [-0.4, -0.2) is 34.2 Å². The Morgan fingerprint density at radius 3 is 2.52 bits per heavy atom. The summed E-state index contributed by atoms with van der Waals surface area (Å²) in [6, 6.07) is 7.96. The molecule has 0 radical (unpaired) electrons. The van der Waals surface area contributed by atoms with E-state index in [0.29, 0.717) is 5.13 Å². The monoisotopic (exact) mass is 356 g/mol. The van der Waals surface area contributed by atoms with Crippen LogP contribution < -0.4 is 5.32 Å². The zero-order chi connectivity index (χ0) is 17.6. The van der Waals surface area contributed by atoms with E-state index in [-0.39, 0.29) is 5.91 Å². The number of amides is 1. The van der Waals surface area contributed by atoms with Crippen LogP contribution in [-0.2, 0) is 14.3 Å². The first kappa shape index (κ1) is 16.0. The lowest BCUT2D eigenvalue weighted by Gasteiger charge is -2.20. The van der Waals surface area contributed by atoms with E-state index in [9.17, 15) is 14.7 Å². The van der Waals surface area contributed by atoms with Gasteiger partial charge in [-0.05, 0) is 6.92 Å². The molecule has 1 fully saturated rings. The molecule has 0 unspecified atom stereocenters. The summed E-state index contributed by atoms with van der Waals surface area (Å²) in [5.41, 5.74) is 2.91. The molecule has 2 aromatic rings. The summed E-state index contributed by atoms with van der Waals surface area (Å²) in [7, 11) is 0. The average molecular weight is 356 g/mol. The Morgan fingerprint density at radius 1 is 1.16 bits per heavy atom. The van der Waals surface area contributed by atoms with Crippen molar-refractivity contribution in [3.8, 4) is 11.3 Å². The van der Waals surface area contributed by atoms with Gasteiger partial charge in [0.15, 0.2) is 5.13 Å². The third-order valence-corrected chi connectivity index (χ3v) is 5.33. The Morgan fingerprint density at radius 2 is 1.84 bits per heavy atom. The summed E-state index contributed by atoms with van der Waals surface area (Å²) in [6.07, 6.45) is 2.46. The average Bonchev–Trinajstić information content (AvgIpc) is 3.30. The highest BCUT2D eigenvalue weighted by Crippen LogP contribution is 2.40. The molecule has 0 saturated carbocycles. The number of carbonyl (C=O) groups excluding carboxylic acids is 1. The number of benzene rings is 1.